The van der Waals surface area contributed by atoms with Gasteiger partial charge in [-0.15, -0.1) is 0 Å². The number of para-hydroxylation sites is 2. The summed E-state index contributed by atoms with van der Waals surface area (Å²) in [6.45, 7) is 4.15. The van der Waals surface area contributed by atoms with Gasteiger partial charge in [-0.2, -0.15) is 0 Å². The summed E-state index contributed by atoms with van der Waals surface area (Å²) in [5.41, 5.74) is 0.635. The Morgan fingerprint density at radius 1 is 1.19 bits per heavy atom. The quantitative estimate of drug-likeness (QED) is 0.725. The number of carbonyl (C=O) groups is 2. The third-order valence-corrected chi connectivity index (χ3v) is 3.08. The Labute approximate surface area is 126 Å². The number of nitrogens with zero attached hydrogens (tertiary/aromatic N) is 2. The highest BCUT2D eigenvalue weighted by Gasteiger charge is 2.20. The number of likely N-dealkylation sites (N-methyl/N-ethyl adjacent to an activating group) is 1. The zero-order chi connectivity index (χ0) is 15.8. The van der Waals surface area contributed by atoms with Crippen molar-refractivity contribution in [2.45, 2.75) is 26.7 Å². The van der Waals surface area contributed by atoms with E-state index in [0.29, 0.717) is 18.0 Å². The Balaban J connectivity index is 2.97. The first-order valence-corrected chi connectivity index (χ1v) is 7.17. The Kier molecular flexibility index (Phi) is 6.72. The fourth-order valence-electron chi connectivity index (χ4n) is 1.77. The predicted octanol–water partition coefficient (Wildman–Crippen LogP) is 2.31. The van der Waals surface area contributed by atoms with Crippen molar-refractivity contribution in [3.05, 3.63) is 24.3 Å². The number of carbonyl (C=O) groups excluding carboxylic acids is 2. The Bertz CT molecular complexity index is 486. The molecule has 21 heavy (non-hydrogen) atoms. The van der Waals surface area contributed by atoms with Crippen LogP contribution in [0.5, 0.6) is 5.75 Å². The third-order valence-electron chi connectivity index (χ3n) is 3.08. The molecule has 0 radical (unpaired) electrons. The van der Waals surface area contributed by atoms with Gasteiger partial charge < -0.3 is 9.64 Å². The molecule has 116 valence electrons. The van der Waals surface area contributed by atoms with Crippen LogP contribution in [0.25, 0.3) is 0 Å². The predicted molar refractivity (Wildman–Crippen MR) is 83.6 cm³/mol. The minimum Gasteiger partial charge on any atom is -0.491 e. The lowest BCUT2D eigenvalue weighted by atomic mass is 10.2. The normalized spacial score (nSPS) is 10.1. The van der Waals surface area contributed by atoms with E-state index in [9.17, 15) is 9.59 Å². The first kappa shape index (κ1) is 17.0. The van der Waals surface area contributed by atoms with E-state index in [4.69, 9.17) is 4.74 Å². The van der Waals surface area contributed by atoms with Gasteiger partial charge >= 0.3 is 0 Å². The fraction of sp³-hybridized carbons (Fsp3) is 0.500. The van der Waals surface area contributed by atoms with Gasteiger partial charge in [0.1, 0.15) is 12.3 Å². The van der Waals surface area contributed by atoms with Gasteiger partial charge in [0.2, 0.25) is 11.8 Å². The van der Waals surface area contributed by atoms with Crippen LogP contribution in [0.1, 0.15) is 26.7 Å². The Morgan fingerprint density at radius 3 is 2.43 bits per heavy atom. The molecule has 0 bridgehead atoms. The number of hydrogen-bond acceptors (Lipinski definition) is 3. The molecule has 2 amide bonds. The van der Waals surface area contributed by atoms with Crippen molar-refractivity contribution in [2.75, 3.05) is 32.1 Å². The van der Waals surface area contributed by atoms with Crippen LogP contribution in [0.2, 0.25) is 0 Å². The number of hydrogen-bond donors (Lipinski definition) is 0. The minimum absolute atomic E-state index is 0.0104. The molecule has 0 aromatic heterocycles. The monoisotopic (exact) mass is 292 g/mol. The van der Waals surface area contributed by atoms with E-state index in [1.54, 1.807) is 20.2 Å². The fourth-order valence-corrected chi connectivity index (χ4v) is 1.77. The van der Waals surface area contributed by atoms with Crippen LogP contribution in [-0.2, 0) is 9.59 Å². The van der Waals surface area contributed by atoms with Gasteiger partial charge in [-0.3, -0.25) is 14.5 Å². The van der Waals surface area contributed by atoms with E-state index in [0.717, 1.165) is 12.8 Å². The van der Waals surface area contributed by atoms with Crippen LogP contribution in [0.4, 0.5) is 5.69 Å². The second-order valence-corrected chi connectivity index (χ2v) is 5.06. The van der Waals surface area contributed by atoms with Gasteiger partial charge in [0.15, 0.2) is 0 Å². The molecular weight excluding hydrogens is 268 g/mol. The van der Waals surface area contributed by atoms with Gasteiger partial charge in [0, 0.05) is 21.0 Å². The molecule has 0 aliphatic heterocycles. The molecule has 1 rings (SSSR count). The molecule has 0 aliphatic rings. The lowest BCUT2D eigenvalue weighted by molar-refractivity contribution is -0.129. The smallest absolute Gasteiger partial charge is 0.242 e. The van der Waals surface area contributed by atoms with Crippen molar-refractivity contribution >= 4 is 17.5 Å². The maximum Gasteiger partial charge on any atom is 0.242 e. The summed E-state index contributed by atoms with van der Waals surface area (Å²) in [6, 6.07) is 7.31. The number of ether oxygens (including phenoxy) is 1. The maximum atomic E-state index is 11.9. The number of anilines is 1. The number of rotatable bonds is 7. The van der Waals surface area contributed by atoms with E-state index in [2.05, 4.69) is 6.92 Å². The highest BCUT2D eigenvalue weighted by molar-refractivity contribution is 5.98. The molecule has 1 aromatic carbocycles. The summed E-state index contributed by atoms with van der Waals surface area (Å²) in [4.78, 5) is 26.7. The summed E-state index contributed by atoms with van der Waals surface area (Å²) in [7, 11) is 3.34. The van der Waals surface area contributed by atoms with Crippen LogP contribution in [0, 0.1) is 0 Å². The van der Waals surface area contributed by atoms with Gasteiger partial charge in [-0.1, -0.05) is 25.5 Å². The molecule has 0 N–H and O–H groups in total. The zero-order valence-corrected chi connectivity index (χ0v) is 13.3. The van der Waals surface area contributed by atoms with E-state index in [1.165, 1.54) is 16.7 Å². The van der Waals surface area contributed by atoms with E-state index in [-0.39, 0.29) is 18.4 Å². The van der Waals surface area contributed by atoms with Crippen molar-refractivity contribution in [1.82, 2.24) is 4.90 Å². The molecular formula is C16H24N2O3. The van der Waals surface area contributed by atoms with Crippen molar-refractivity contribution in [3.63, 3.8) is 0 Å². The lowest BCUT2D eigenvalue weighted by Gasteiger charge is -2.24. The van der Waals surface area contributed by atoms with Gasteiger partial charge in [0.05, 0.1) is 12.3 Å². The summed E-state index contributed by atoms with van der Waals surface area (Å²) >= 11 is 0. The molecule has 0 fully saturated rings. The second-order valence-electron chi connectivity index (χ2n) is 5.06. The largest absolute Gasteiger partial charge is 0.491 e. The average Bonchev–Trinajstić information content (AvgIpc) is 2.45. The highest BCUT2D eigenvalue weighted by Crippen LogP contribution is 2.28. The number of benzene rings is 1. The van der Waals surface area contributed by atoms with E-state index < -0.39 is 0 Å². The minimum atomic E-state index is -0.184. The van der Waals surface area contributed by atoms with E-state index in [1.807, 2.05) is 18.2 Å². The van der Waals surface area contributed by atoms with Crippen LogP contribution < -0.4 is 9.64 Å². The van der Waals surface area contributed by atoms with Gasteiger partial charge in [-0.25, -0.2) is 0 Å². The molecule has 1 aromatic rings. The van der Waals surface area contributed by atoms with Crippen LogP contribution in [0.3, 0.4) is 0 Å². The summed E-state index contributed by atoms with van der Waals surface area (Å²) < 4.78 is 5.73. The molecule has 0 saturated carbocycles. The molecule has 0 unspecified atom stereocenters. The molecule has 0 spiro atoms. The van der Waals surface area contributed by atoms with Crippen molar-refractivity contribution < 1.29 is 14.3 Å². The third kappa shape index (κ3) is 5.10. The molecule has 0 aliphatic carbocycles. The zero-order valence-electron chi connectivity index (χ0n) is 13.3. The summed E-state index contributed by atoms with van der Waals surface area (Å²) in [6.07, 6.45) is 1.99. The average molecular weight is 292 g/mol. The molecule has 0 saturated heterocycles. The van der Waals surface area contributed by atoms with Crippen LogP contribution in [0.15, 0.2) is 24.3 Å². The molecule has 5 nitrogen and oxygen atoms in total. The topological polar surface area (TPSA) is 49.9 Å². The van der Waals surface area contributed by atoms with Gasteiger partial charge in [0.25, 0.3) is 0 Å². The first-order valence-electron chi connectivity index (χ1n) is 7.17. The second kappa shape index (κ2) is 8.29. The Hall–Kier alpha value is -2.04. The van der Waals surface area contributed by atoms with Crippen LogP contribution in [-0.4, -0.2) is 44.0 Å². The maximum absolute atomic E-state index is 11.9. The standard InChI is InChI=1S/C16H24N2O3/c1-5-6-11-21-15-10-8-7-9-14(15)18(13(2)19)12-16(20)17(3)4/h7-10H,5-6,11-12H2,1-4H3. The Morgan fingerprint density at radius 2 is 1.86 bits per heavy atom. The van der Waals surface area contributed by atoms with Crippen LogP contribution >= 0.6 is 0 Å². The number of unbranched alkanes of at least 4 members (excludes halogenated alkanes) is 1. The van der Waals surface area contributed by atoms with E-state index >= 15 is 0 Å². The highest BCUT2D eigenvalue weighted by atomic mass is 16.5. The lowest BCUT2D eigenvalue weighted by Crippen LogP contribution is -2.39. The van der Waals surface area contributed by atoms with Gasteiger partial charge in [-0.05, 0) is 18.6 Å². The van der Waals surface area contributed by atoms with Crippen molar-refractivity contribution in [2.24, 2.45) is 0 Å². The number of amides is 2. The molecule has 5 heteroatoms. The summed E-state index contributed by atoms with van der Waals surface area (Å²) in [5, 5.41) is 0. The molecule has 0 atom stereocenters. The SMILES string of the molecule is CCCCOc1ccccc1N(CC(=O)N(C)C)C(C)=O. The first-order chi connectivity index (χ1) is 9.97. The summed E-state index contributed by atoms with van der Waals surface area (Å²) in [5.74, 6) is 0.318. The molecule has 0 heterocycles. The van der Waals surface area contributed by atoms with Crippen molar-refractivity contribution in [1.29, 1.82) is 0 Å². The van der Waals surface area contributed by atoms with Crippen molar-refractivity contribution in [3.8, 4) is 5.75 Å².